The summed E-state index contributed by atoms with van der Waals surface area (Å²) in [4.78, 5) is 14.5. The predicted molar refractivity (Wildman–Crippen MR) is 111 cm³/mol. The van der Waals surface area contributed by atoms with Gasteiger partial charge in [0.2, 0.25) is 5.95 Å². The van der Waals surface area contributed by atoms with E-state index in [0.717, 1.165) is 60.0 Å². The maximum atomic E-state index is 4.92. The predicted octanol–water partition coefficient (Wildman–Crippen LogP) is 3.38. The number of para-hydroxylation sites is 2. The van der Waals surface area contributed by atoms with Gasteiger partial charge in [0.25, 0.3) is 0 Å². The van der Waals surface area contributed by atoms with E-state index in [1.165, 1.54) is 5.56 Å². The molecule has 5 rings (SSSR count). The molecule has 28 heavy (non-hydrogen) atoms. The summed E-state index contributed by atoms with van der Waals surface area (Å²) in [7, 11) is 0. The summed E-state index contributed by atoms with van der Waals surface area (Å²) in [5.74, 6) is 2.47. The van der Waals surface area contributed by atoms with Crippen LogP contribution in [0.2, 0.25) is 0 Å². The van der Waals surface area contributed by atoms with Gasteiger partial charge in [0.05, 0.1) is 16.7 Å². The minimum atomic E-state index is 0.683. The minimum absolute atomic E-state index is 0.683. The lowest BCUT2D eigenvalue weighted by Gasteiger charge is -2.21. The molecule has 0 atom stereocenters. The van der Waals surface area contributed by atoms with Gasteiger partial charge in [0, 0.05) is 31.6 Å². The van der Waals surface area contributed by atoms with Crippen LogP contribution in [-0.4, -0.2) is 26.1 Å². The lowest BCUT2D eigenvalue weighted by molar-refractivity contribution is 0.624. The van der Waals surface area contributed by atoms with Gasteiger partial charge in [-0.15, -0.1) is 0 Å². The fourth-order valence-electron chi connectivity index (χ4n) is 3.76. The highest BCUT2D eigenvalue weighted by Crippen LogP contribution is 2.25. The van der Waals surface area contributed by atoms with Gasteiger partial charge >= 0.3 is 0 Å². The van der Waals surface area contributed by atoms with E-state index in [1.54, 1.807) is 0 Å². The molecule has 2 aromatic heterocycles. The van der Waals surface area contributed by atoms with E-state index in [9.17, 15) is 0 Å². The number of benzene rings is 2. The number of nitrogens with one attached hydrogen (secondary N) is 2. The lowest BCUT2D eigenvalue weighted by atomic mass is 10.1. The summed E-state index contributed by atoms with van der Waals surface area (Å²) in [6, 6.07) is 18.5. The average molecular weight is 370 g/mol. The van der Waals surface area contributed by atoms with Gasteiger partial charge in [0.15, 0.2) is 0 Å². The molecule has 2 N–H and O–H groups in total. The van der Waals surface area contributed by atoms with E-state index < -0.39 is 0 Å². The molecule has 6 heteroatoms. The first-order valence-corrected chi connectivity index (χ1v) is 9.62. The molecular weight excluding hydrogens is 348 g/mol. The van der Waals surface area contributed by atoms with Crippen LogP contribution in [0.15, 0.2) is 54.6 Å². The highest BCUT2D eigenvalue weighted by Gasteiger charge is 2.20. The van der Waals surface area contributed by atoms with Crippen LogP contribution in [0.3, 0.4) is 0 Å². The Morgan fingerprint density at radius 2 is 1.82 bits per heavy atom. The zero-order chi connectivity index (χ0) is 18.9. The van der Waals surface area contributed by atoms with Gasteiger partial charge < -0.3 is 10.6 Å². The van der Waals surface area contributed by atoms with E-state index in [-0.39, 0.29) is 0 Å². The molecule has 0 amide bonds. The molecule has 0 aliphatic carbocycles. The molecule has 0 saturated carbocycles. The van der Waals surface area contributed by atoms with Crippen LogP contribution in [0.1, 0.15) is 22.6 Å². The van der Waals surface area contributed by atoms with Gasteiger partial charge in [-0.05, 0) is 24.6 Å². The van der Waals surface area contributed by atoms with Crippen LogP contribution in [0, 0.1) is 6.92 Å². The Hall–Kier alpha value is -3.25. The summed E-state index contributed by atoms with van der Waals surface area (Å²) in [6.45, 7) is 4.45. The fourth-order valence-corrected chi connectivity index (χ4v) is 3.76. The molecule has 6 nitrogen and oxygen atoms in total. The van der Waals surface area contributed by atoms with Gasteiger partial charge in [-0.2, -0.15) is 4.98 Å². The molecule has 0 bridgehead atoms. The number of fused-ring (bicyclic) bond motifs is 2. The first-order chi connectivity index (χ1) is 13.8. The highest BCUT2D eigenvalue weighted by atomic mass is 15.2. The molecule has 1 aliphatic heterocycles. The van der Waals surface area contributed by atoms with Crippen molar-refractivity contribution >= 4 is 16.9 Å². The van der Waals surface area contributed by atoms with Crippen molar-refractivity contribution < 1.29 is 0 Å². The Balaban J connectivity index is 1.60. The third kappa shape index (κ3) is 3.01. The standard InChI is InChI=1S/C22H22N6/c1-15-25-19-9-5-6-10-20(19)28(15)22-26-18-11-12-23-14-17(18)21(27-22)24-13-16-7-3-2-4-8-16/h2-10,23H,11-14H2,1H3,(H,24,26,27). The molecule has 1 aliphatic rings. The summed E-state index contributed by atoms with van der Waals surface area (Å²) in [5.41, 5.74) is 5.48. The van der Waals surface area contributed by atoms with E-state index in [2.05, 4.69) is 45.9 Å². The number of anilines is 1. The van der Waals surface area contributed by atoms with Crippen molar-refractivity contribution in [3.63, 3.8) is 0 Å². The third-order valence-corrected chi connectivity index (χ3v) is 5.15. The van der Waals surface area contributed by atoms with Crippen molar-refractivity contribution in [2.24, 2.45) is 0 Å². The van der Waals surface area contributed by atoms with Crippen LogP contribution in [0.5, 0.6) is 0 Å². The Bertz CT molecular complexity index is 1130. The Labute approximate surface area is 163 Å². The average Bonchev–Trinajstić information content (AvgIpc) is 3.08. The normalized spacial score (nSPS) is 13.5. The molecule has 0 fully saturated rings. The molecule has 4 aromatic rings. The van der Waals surface area contributed by atoms with E-state index in [0.29, 0.717) is 5.95 Å². The molecule has 2 aromatic carbocycles. The highest BCUT2D eigenvalue weighted by molar-refractivity contribution is 5.77. The zero-order valence-corrected chi connectivity index (χ0v) is 15.8. The largest absolute Gasteiger partial charge is 0.366 e. The zero-order valence-electron chi connectivity index (χ0n) is 15.8. The third-order valence-electron chi connectivity index (χ3n) is 5.15. The SMILES string of the molecule is Cc1nc2ccccc2n1-c1nc2c(c(NCc3ccccc3)n1)CNCC2. The van der Waals surface area contributed by atoms with Crippen molar-refractivity contribution in [3.05, 3.63) is 77.2 Å². The molecule has 0 radical (unpaired) electrons. The molecule has 3 heterocycles. The number of aryl methyl sites for hydroxylation is 1. The van der Waals surface area contributed by atoms with Crippen molar-refractivity contribution in [1.82, 2.24) is 24.8 Å². The van der Waals surface area contributed by atoms with Gasteiger partial charge in [0.1, 0.15) is 11.6 Å². The van der Waals surface area contributed by atoms with E-state index in [4.69, 9.17) is 9.97 Å². The van der Waals surface area contributed by atoms with Crippen molar-refractivity contribution in [2.75, 3.05) is 11.9 Å². The molecule has 140 valence electrons. The smallest absolute Gasteiger partial charge is 0.237 e. The summed E-state index contributed by atoms with van der Waals surface area (Å²) >= 11 is 0. The number of hydrogen-bond donors (Lipinski definition) is 2. The van der Waals surface area contributed by atoms with Crippen LogP contribution >= 0.6 is 0 Å². The number of rotatable bonds is 4. The van der Waals surface area contributed by atoms with Gasteiger partial charge in [-0.3, -0.25) is 4.57 Å². The number of aromatic nitrogens is 4. The van der Waals surface area contributed by atoms with E-state index in [1.807, 2.05) is 35.8 Å². The van der Waals surface area contributed by atoms with Crippen molar-refractivity contribution in [3.8, 4) is 5.95 Å². The van der Waals surface area contributed by atoms with Crippen molar-refractivity contribution in [2.45, 2.75) is 26.4 Å². The van der Waals surface area contributed by atoms with Crippen LogP contribution in [0.25, 0.3) is 17.0 Å². The first-order valence-electron chi connectivity index (χ1n) is 9.62. The monoisotopic (exact) mass is 370 g/mol. The molecule has 0 saturated heterocycles. The second-order valence-corrected chi connectivity index (χ2v) is 7.05. The lowest BCUT2D eigenvalue weighted by Crippen LogP contribution is -2.27. The van der Waals surface area contributed by atoms with Gasteiger partial charge in [-0.25, -0.2) is 9.97 Å². The second-order valence-electron chi connectivity index (χ2n) is 7.05. The van der Waals surface area contributed by atoms with Crippen molar-refractivity contribution in [1.29, 1.82) is 0 Å². The van der Waals surface area contributed by atoms with Crippen LogP contribution in [-0.2, 0) is 19.5 Å². The van der Waals surface area contributed by atoms with Crippen LogP contribution in [0.4, 0.5) is 5.82 Å². The van der Waals surface area contributed by atoms with Gasteiger partial charge in [-0.1, -0.05) is 42.5 Å². The molecule has 0 unspecified atom stereocenters. The van der Waals surface area contributed by atoms with E-state index >= 15 is 0 Å². The molecular formula is C22H22N6. The Morgan fingerprint density at radius 3 is 2.71 bits per heavy atom. The number of imidazole rings is 1. The molecule has 0 spiro atoms. The van der Waals surface area contributed by atoms with Crippen LogP contribution < -0.4 is 10.6 Å². The fraction of sp³-hybridized carbons (Fsp3) is 0.227. The Kier molecular flexibility index (Phi) is 4.25. The summed E-state index contributed by atoms with van der Waals surface area (Å²) in [5, 5.41) is 6.97. The first kappa shape index (κ1) is 16.9. The number of nitrogens with zero attached hydrogens (tertiary/aromatic N) is 4. The maximum absolute atomic E-state index is 4.92. The summed E-state index contributed by atoms with van der Waals surface area (Å²) in [6.07, 6.45) is 0.899. The minimum Gasteiger partial charge on any atom is -0.366 e. The topological polar surface area (TPSA) is 67.7 Å². The maximum Gasteiger partial charge on any atom is 0.237 e. The second kappa shape index (κ2) is 7.05. The number of hydrogen-bond acceptors (Lipinski definition) is 5. The quantitative estimate of drug-likeness (QED) is 0.576. The summed E-state index contributed by atoms with van der Waals surface area (Å²) < 4.78 is 2.05. The Morgan fingerprint density at radius 1 is 1.00 bits per heavy atom.